The van der Waals surface area contributed by atoms with Gasteiger partial charge in [0.15, 0.2) is 0 Å². The molecule has 2 aromatic rings. The lowest BCUT2D eigenvalue weighted by molar-refractivity contribution is -0.132. The predicted octanol–water partition coefficient (Wildman–Crippen LogP) is 4.14. The SMILES string of the molecule is CC(C)c1ccc([C@]2(C)NC(=O)N(C[C@@H](O)COc3ccccc3C(C)C)C2=O)cc1. The van der Waals surface area contributed by atoms with Crippen molar-refractivity contribution in [2.45, 2.75) is 58.1 Å². The van der Waals surface area contributed by atoms with Crippen molar-refractivity contribution in [3.05, 3.63) is 65.2 Å². The van der Waals surface area contributed by atoms with Crippen molar-refractivity contribution in [2.24, 2.45) is 0 Å². The van der Waals surface area contributed by atoms with Gasteiger partial charge in [-0.15, -0.1) is 0 Å². The van der Waals surface area contributed by atoms with Crippen LogP contribution in [0.2, 0.25) is 0 Å². The molecule has 166 valence electrons. The van der Waals surface area contributed by atoms with E-state index < -0.39 is 17.7 Å². The Hall–Kier alpha value is -2.86. The van der Waals surface area contributed by atoms with Gasteiger partial charge in [-0.3, -0.25) is 9.69 Å². The molecule has 1 heterocycles. The average molecular weight is 425 g/mol. The lowest BCUT2D eigenvalue weighted by Crippen LogP contribution is -2.42. The van der Waals surface area contributed by atoms with Gasteiger partial charge < -0.3 is 15.2 Å². The van der Waals surface area contributed by atoms with Crippen LogP contribution in [0.1, 0.15) is 63.1 Å². The summed E-state index contributed by atoms with van der Waals surface area (Å²) in [6.07, 6.45) is -0.999. The predicted molar refractivity (Wildman–Crippen MR) is 120 cm³/mol. The molecular formula is C25H32N2O4. The quantitative estimate of drug-likeness (QED) is 0.624. The van der Waals surface area contributed by atoms with E-state index in [0.29, 0.717) is 17.2 Å². The number of urea groups is 1. The molecule has 0 saturated carbocycles. The highest BCUT2D eigenvalue weighted by Gasteiger charge is 2.49. The molecule has 0 bridgehead atoms. The number of β-amino-alcohol motifs (C(OH)–C–C–N with tert-alkyl or cyclic N) is 1. The largest absolute Gasteiger partial charge is 0.491 e. The molecule has 0 spiro atoms. The fourth-order valence-corrected chi connectivity index (χ4v) is 3.80. The molecule has 1 aliphatic heterocycles. The van der Waals surface area contributed by atoms with Crippen LogP contribution in [0.25, 0.3) is 0 Å². The highest BCUT2D eigenvalue weighted by molar-refractivity contribution is 6.07. The summed E-state index contributed by atoms with van der Waals surface area (Å²) in [5, 5.41) is 13.3. The fourth-order valence-electron chi connectivity index (χ4n) is 3.80. The number of carbonyl (C=O) groups is 2. The molecule has 1 aliphatic rings. The smallest absolute Gasteiger partial charge is 0.325 e. The third-order valence-electron chi connectivity index (χ3n) is 5.80. The van der Waals surface area contributed by atoms with Crippen LogP contribution in [-0.2, 0) is 10.3 Å². The van der Waals surface area contributed by atoms with Crippen LogP contribution in [0.15, 0.2) is 48.5 Å². The summed E-state index contributed by atoms with van der Waals surface area (Å²) in [6, 6.07) is 14.8. The number of aliphatic hydroxyl groups excluding tert-OH is 1. The van der Waals surface area contributed by atoms with Crippen molar-refractivity contribution < 1.29 is 19.4 Å². The molecule has 2 N–H and O–H groups in total. The van der Waals surface area contributed by atoms with E-state index in [4.69, 9.17) is 4.74 Å². The van der Waals surface area contributed by atoms with Crippen LogP contribution in [0.4, 0.5) is 4.79 Å². The Morgan fingerprint density at radius 1 is 1.00 bits per heavy atom. The normalized spacial score (nSPS) is 19.8. The Kier molecular flexibility index (Phi) is 6.70. The van der Waals surface area contributed by atoms with Crippen molar-refractivity contribution in [1.82, 2.24) is 10.2 Å². The lowest BCUT2D eigenvalue weighted by atomic mass is 9.90. The van der Waals surface area contributed by atoms with E-state index in [-0.39, 0.29) is 25.0 Å². The van der Waals surface area contributed by atoms with Crippen LogP contribution in [0.3, 0.4) is 0 Å². The second-order valence-electron chi connectivity index (χ2n) is 8.90. The number of amides is 3. The first kappa shape index (κ1) is 22.8. The number of hydrogen-bond donors (Lipinski definition) is 2. The summed E-state index contributed by atoms with van der Waals surface area (Å²) < 4.78 is 5.79. The molecule has 6 heteroatoms. The van der Waals surface area contributed by atoms with Gasteiger partial charge >= 0.3 is 6.03 Å². The van der Waals surface area contributed by atoms with Crippen molar-refractivity contribution in [3.63, 3.8) is 0 Å². The van der Waals surface area contributed by atoms with Crippen LogP contribution in [0.5, 0.6) is 5.75 Å². The highest BCUT2D eigenvalue weighted by Crippen LogP contribution is 2.30. The van der Waals surface area contributed by atoms with Gasteiger partial charge in [0.2, 0.25) is 0 Å². The molecule has 2 atom stereocenters. The standard InChI is InChI=1S/C25H32N2O4/c1-16(2)18-10-12-19(13-11-18)25(5)23(29)27(24(30)26-25)14-20(28)15-31-22-9-7-6-8-21(22)17(3)4/h6-13,16-17,20,28H,14-15H2,1-5H3,(H,26,30)/t20-,25+/m1/s1. The Morgan fingerprint density at radius 2 is 1.65 bits per heavy atom. The minimum atomic E-state index is -1.16. The average Bonchev–Trinajstić information content (AvgIpc) is 2.96. The zero-order valence-corrected chi connectivity index (χ0v) is 18.9. The molecule has 31 heavy (non-hydrogen) atoms. The number of ether oxygens (including phenoxy) is 1. The molecule has 0 aromatic heterocycles. The second-order valence-corrected chi connectivity index (χ2v) is 8.90. The molecule has 0 unspecified atom stereocenters. The van der Waals surface area contributed by atoms with Crippen molar-refractivity contribution >= 4 is 11.9 Å². The minimum absolute atomic E-state index is 0.0133. The number of benzene rings is 2. The van der Waals surface area contributed by atoms with Gasteiger partial charge in [0.25, 0.3) is 5.91 Å². The number of nitrogens with zero attached hydrogens (tertiary/aromatic N) is 1. The van der Waals surface area contributed by atoms with Gasteiger partial charge in [0.1, 0.15) is 24.0 Å². The van der Waals surface area contributed by atoms with E-state index in [9.17, 15) is 14.7 Å². The van der Waals surface area contributed by atoms with Crippen LogP contribution in [0, 0.1) is 0 Å². The Bertz CT molecular complexity index is 939. The summed E-state index contributed by atoms with van der Waals surface area (Å²) in [7, 11) is 0. The molecular weight excluding hydrogens is 392 g/mol. The first-order valence-corrected chi connectivity index (χ1v) is 10.8. The van der Waals surface area contributed by atoms with E-state index in [0.717, 1.165) is 16.0 Å². The number of para-hydroxylation sites is 1. The van der Waals surface area contributed by atoms with E-state index >= 15 is 0 Å². The second kappa shape index (κ2) is 9.10. The molecule has 0 aliphatic carbocycles. The Balaban J connectivity index is 1.67. The maximum Gasteiger partial charge on any atom is 0.325 e. The summed E-state index contributed by atoms with van der Waals surface area (Å²) in [5.41, 5.74) is 1.77. The first-order chi connectivity index (χ1) is 14.6. The first-order valence-electron chi connectivity index (χ1n) is 10.8. The summed E-state index contributed by atoms with van der Waals surface area (Å²) in [4.78, 5) is 26.7. The fraction of sp³-hybridized carbons (Fsp3) is 0.440. The van der Waals surface area contributed by atoms with Gasteiger partial charge in [0.05, 0.1) is 6.54 Å². The summed E-state index contributed by atoms with van der Waals surface area (Å²) >= 11 is 0. The number of carbonyl (C=O) groups excluding carboxylic acids is 2. The lowest BCUT2D eigenvalue weighted by Gasteiger charge is -2.24. The van der Waals surface area contributed by atoms with E-state index in [1.54, 1.807) is 6.92 Å². The Labute approximate surface area is 184 Å². The molecule has 6 nitrogen and oxygen atoms in total. The van der Waals surface area contributed by atoms with Gasteiger partial charge in [-0.25, -0.2) is 4.79 Å². The highest BCUT2D eigenvalue weighted by atomic mass is 16.5. The van der Waals surface area contributed by atoms with Crippen LogP contribution >= 0.6 is 0 Å². The monoisotopic (exact) mass is 424 g/mol. The van der Waals surface area contributed by atoms with Gasteiger partial charge in [-0.05, 0) is 41.5 Å². The molecule has 1 fully saturated rings. The number of nitrogens with one attached hydrogen (secondary N) is 1. The molecule has 3 amide bonds. The molecule has 1 saturated heterocycles. The van der Waals surface area contributed by atoms with Crippen molar-refractivity contribution in [1.29, 1.82) is 0 Å². The Morgan fingerprint density at radius 3 is 2.26 bits per heavy atom. The van der Waals surface area contributed by atoms with Crippen LogP contribution < -0.4 is 10.1 Å². The zero-order chi connectivity index (χ0) is 22.8. The van der Waals surface area contributed by atoms with Gasteiger partial charge in [0, 0.05) is 0 Å². The molecule has 3 rings (SSSR count). The number of rotatable bonds is 8. The van der Waals surface area contributed by atoms with Crippen molar-refractivity contribution in [2.75, 3.05) is 13.2 Å². The van der Waals surface area contributed by atoms with Gasteiger partial charge in [-0.2, -0.15) is 0 Å². The summed E-state index contributed by atoms with van der Waals surface area (Å²) in [5.74, 6) is 0.977. The van der Waals surface area contributed by atoms with Crippen LogP contribution in [-0.4, -0.2) is 41.2 Å². The van der Waals surface area contributed by atoms with Gasteiger partial charge in [-0.1, -0.05) is 70.2 Å². The molecule has 0 radical (unpaired) electrons. The number of hydrogen-bond acceptors (Lipinski definition) is 4. The third kappa shape index (κ3) is 4.74. The van der Waals surface area contributed by atoms with E-state index in [1.165, 1.54) is 0 Å². The van der Waals surface area contributed by atoms with Crippen molar-refractivity contribution in [3.8, 4) is 5.75 Å². The maximum absolute atomic E-state index is 13.1. The minimum Gasteiger partial charge on any atom is -0.491 e. The van der Waals surface area contributed by atoms with E-state index in [1.807, 2.05) is 48.5 Å². The topological polar surface area (TPSA) is 78.9 Å². The zero-order valence-electron chi connectivity index (χ0n) is 18.9. The van der Waals surface area contributed by atoms with E-state index in [2.05, 4.69) is 33.0 Å². The maximum atomic E-state index is 13.1. The third-order valence-corrected chi connectivity index (χ3v) is 5.80. The number of imide groups is 1. The number of aliphatic hydroxyl groups is 1. The molecule has 2 aromatic carbocycles. The summed E-state index contributed by atoms with van der Waals surface area (Å²) in [6.45, 7) is 9.89.